The van der Waals surface area contributed by atoms with Gasteiger partial charge in [-0.05, 0) is 30.9 Å². The van der Waals surface area contributed by atoms with Crippen molar-refractivity contribution in [1.29, 1.82) is 0 Å². The molecule has 1 aromatic rings. The normalized spacial score (nSPS) is 26.7. The quantitative estimate of drug-likeness (QED) is 0.876. The highest BCUT2D eigenvalue weighted by molar-refractivity contribution is 5.83. The lowest BCUT2D eigenvalue weighted by Gasteiger charge is -2.37. The van der Waals surface area contributed by atoms with Crippen molar-refractivity contribution in [1.82, 2.24) is 0 Å². The van der Waals surface area contributed by atoms with Crippen LogP contribution in [0.1, 0.15) is 32.6 Å². The molecule has 1 aliphatic rings. The summed E-state index contributed by atoms with van der Waals surface area (Å²) in [7, 11) is 1.61. The van der Waals surface area contributed by atoms with E-state index in [0.29, 0.717) is 18.8 Å². The number of rotatable bonds is 4. The van der Waals surface area contributed by atoms with E-state index in [-0.39, 0.29) is 0 Å². The topological polar surface area (TPSA) is 58.6 Å². The molecule has 0 aromatic heterocycles. The van der Waals surface area contributed by atoms with Crippen LogP contribution >= 0.6 is 0 Å². The van der Waals surface area contributed by atoms with Crippen LogP contribution in [0.2, 0.25) is 0 Å². The van der Waals surface area contributed by atoms with Gasteiger partial charge in [0, 0.05) is 11.8 Å². The van der Waals surface area contributed by atoms with Crippen LogP contribution < -0.4 is 10.1 Å². The third-order valence-electron chi connectivity index (χ3n) is 3.86. The zero-order valence-electron chi connectivity index (χ0n) is 11.5. The van der Waals surface area contributed by atoms with Crippen molar-refractivity contribution in [2.45, 2.75) is 38.1 Å². The summed E-state index contributed by atoms with van der Waals surface area (Å²) in [5.74, 6) is 0.402. The van der Waals surface area contributed by atoms with E-state index in [1.54, 1.807) is 7.11 Å². The number of carbonyl (C=O) groups is 1. The van der Waals surface area contributed by atoms with Crippen molar-refractivity contribution >= 4 is 11.7 Å². The molecule has 1 aliphatic carbocycles. The first-order valence-corrected chi connectivity index (χ1v) is 6.71. The molecule has 0 heterocycles. The van der Waals surface area contributed by atoms with E-state index >= 15 is 0 Å². The molecule has 1 saturated carbocycles. The van der Waals surface area contributed by atoms with Crippen LogP contribution in [0.3, 0.4) is 0 Å². The van der Waals surface area contributed by atoms with Gasteiger partial charge in [0.15, 0.2) is 0 Å². The summed E-state index contributed by atoms with van der Waals surface area (Å²) in [4.78, 5) is 11.7. The van der Waals surface area contributed by atoms with E-state index < -0.39 is 11.5 Å². The lowest BCUT2D eigenvalue weighted by atomic mass is 9.76. The van der Waals surface area contributed by atoms with E-state index in [1.807, 2.05) is 24.3 Å². The smallest absolute Gasteiger partial charge is 0.329 e. The zero-order valence-corrected chi connectivity index (χ0v) is 11.5. The van der Waals surface area contributed by atoms with Crippen molar-refractivity contribution in [3.8, 4) is 5.75 Å². The first-order chi connectivity index (χ1) is 9.05. The lowest BCUT2D eigenvalue weighted by Crippen LogP contribution is -2.49. The van der Waals surface area contributed by atoms with Gasteiger partial charge in [0.25, 0.3) is 0 Å². The van der Waals surface area contributed by atoms with Crippen LogP contribution in [-0.2, 0) is 4.79 Å². The molecule has 2 unspecified atom stereocenters. The van der Waals surface area contributed by atoms with E-state index in [1.165, 1.54) is 0 Å². The molecule has 0 amide bonds. The molecule has 0 spiro atoms. The summed E-state index contributed by atoms with van der Waals surface area (Å²) < 4.78 is 5.17. The number of methoxy groups -OCH3 is 1. The van der Waals surface area contributed by atoms with Gasteiger partial charge in [-0.2, -0.15) is 0 Å². The second-order valence-corrected chi connectivity index (χ2v) is 5.45. The largest absolute Gasteiger partial charge is 0.497 e. The summed E-state index contributed by atoms with van der Waals surface area (Å²) in [5.41, 5.74) is -0.0415. The fraction of sp³-hybridized carbons (Fsp3) is 0.533. The average molecular weight is 263 g/mol. The van der Waals surface area contributed by atoms with Crippen LogP contribution in [0, 0.1) is 5.92 Å². The van der Waals surface area contributed by atoms with Crippen molar-refractivity contribution in [2.75, 3.05) is 12.4 Å². The molecule has 2 atom stereocenters. The van der Waals surface area contributed by atoms with E-state index in [0.717, 1.165) is 24.3 Å². The second kappa shape index (κ2) is 5.51. The van der Waals surface area contributed by atoms with Crippen LogP contribution in [-0.4, -0.2) is 23.7 Å². The van der Waals surface area contributed by atoms with E-state index in [2.05, 4.69) is 12.2 Å². The molecule has 0 saturated heterocycles. The molecule has 4 heteroatoms. The predicted molar refractivity (Wildman–Crippen MR) is 74.6 cm³/mol. The highest BCUT2D eigenvalue weighted by atomic mass is 16.5. The molecule has 4 nitrogen and oxygen atoms in total. The highest BCUT2D eigenvalue weighted by Crippen LogP contribution is 2.35. The van der Waals surface area contributed by atoms with Crippen molar-refractivity contribution in [3.63, 3.8) is 0 Å². The minimum Gasteiger partial charge on any atom is -0.497 e. The number of carboxylic acid groups (broad SMARTS) is 1. The van der Waals surface area contributed by atoms with Gasteiger partial charge >= 0.3 is 5.97 Å². The zero-order chi connectivity index (χ0) is 13.9. The maximum absolute atomic E-state index is 11.7. The Bertz CT molecular complexity index is 460. The van der Waals surface area contributed by atoms with Crippen molar-refractivity contribution in [2.24, 2.45) is 5.92 Å². The molecular formula is C15H21NO3. The standard InChI is InChI=1S/C15H21NO3/c1-11-5-4-8-15(10-11,14(17)18)16-12-6-3-7-13(9-12)19-2/h3,6-7,9,11,16H,4-5,8,10H2,1-2H3,(H,17,18). The third kappa shape index (κ3) is 3.00. The Kier molecular flexibility index (Phi) is 3.98. The lowest BCUT2D eigenvalue weighted by molar-refractivity contribution is -0.144. The van der Waals surface area contributed by atoms with E-state index in [4.69, 9.17) is 4.74 Å². The van der Waals surface area contributed by atoms with Crippen molar-refractivity contribution < 1.29 is 14.6 Å². The summed E-state index contributed by atoms with van der Waals surface area (Å²) in [5, 5.41) is 12.8. The predicted octanol–water partition coefficient (Wildman–Crippen LogP) is 3.14. The second-order valence-electron chi connectivity index (χ2n) is 5.45. The number of hydrogen-bond donors (Lipinski definition) is 2. The van der Waals surface area contributed by atoms with Gasteiger partial charge in [0.1, 0.15) is 11.3 Å². The van der Waals surface area contributed by atoms with Crippen LogP contribution in [0.5, 0.6) is 5.75 Å². The molecular weight excluding hydrogens is 242 g/mol. The number of hydrogen-bond acceptors (Lipinski definition) is 3. The molecule has 19 heavy (non-hydrogen) atoms. The number of benzene rings is 1. The fourth-order valence-electron chi connectivity index (χ4n) is 2.89. The summed E-state index contributed by atoms with van der Waals surface area (Å²) in [6.07, 6.45) is 3.39. The number of anilines is 1. The Hall–Kier alpha value is -1.71. The molecule has 1 aromatic carbocycles. The minimum atomic E-state index is -0.843. The Morgan fingerprint density at radius 3 is 2.95 bits per heavy atom. The first kappa shape index (κ1) is 13.7. The van der Waals surface area contributed by atoms with Crippen LogP contribution in [0.25, 0.3) is 0 Å². The van der Waals surface area contributed by atoms with Gasteiger partial charge < -0.3 is 15.2 Å². The van der Waals surface area contributed by atoms with Crippen molar-refractivity contribution in [3.05, 3.63) is 24.3 Å². The van der Waals surface area contributed by atoms with Gasteiger partial charge in [-0.15, -0.1) is 0 Å². The minimum absolute atomic E-state index is 0.433. The molecule has 0 bridgehead atoms. The Labute approximate surface area is 113 Å². The molecule has 1 fully saturated rings. The number of aliphatic carboxylic acids is 1. The number of ether oxygens (including phenoxy) is 1. The molecule has 2 rings (SSSR count). The molecule has 0 aliphatic heterocycles. The SMILES string of the molecule is COc1cccc(NC2(C(=O)O)CCCC(C)C2)c1. The maximum atomic E-state index is 11.7. The summed E-state index contributed by atoms with van der Waals surface area (Å²) >= 11 is 0. The van der Waals surface area contributed by atoms with E-state index in [9.17, 15) is 9.90 Å². The number of carboxylic acids is 1. The molecule has 104 valence electrons. The van der Waals surface area contributed by atoms with Crippen LogP contribution in [0.15, 0.2) is 24.3 Å². The molecule has 2 N–H and O–H groups in total. The van der Waals surface area contributed by atoms with Gasteiger partial charge in [0.2, 0.25) is 0 Å². The highest BCUT2D eigenvalue weighted by Gasteiger charge is 2.41. The van der Waals surface area contributed by atoms with Gasteiger partial charge in [0.05, 0.1) is 7.11 Å². The summed E-state index contributed by atoms with van der Waals surface area (Å²) in [6.45, 7) is 2.12. The van der Waals surface area contributed by atoms with Crippen LogP contribution in [0.4, 0.5) is 5.69 Å². The summed E-state index contributed by atoms with van der Waals surface area (Å²) in [6, 6.07) is 7.43. The fourth-order valence-corrected chi connectivity index (χ4v) is 2.89. The first-order valence-electron chi connectivity index (χ1n) is 6.71. The monoisotopic (exact) mass is 263 g/mol. The van der Waals surface area contributed by atoms with Gasteiger partial charge in [-0.25, -0.2) is 4.79 Å². The van der Waals surface area contributed by atoms with Gasteiger partial charge in [-0.3, -0.25) is 0 Å². The Morgan fingerprint density at radius 2 is 2.32 bits per heavy atom. The average Bonchev–Trinajstić information content (AvgIpc) is 2.38. The Balaban J connectivity index is 2.23. The molecule has 0 radical (unpaired) electrons. The van der Waals surface area contributed by atoms with Gasteiger partial charge in [-0.1, -0.05) is 25.8 Å². The Morgan fingerprint density at radius 1 is 1.53 bits per heavy atom. The maximum Gasteiger partial charge on any atom is 0.329 e. The number of nitrogens with one attached hydrogen (secondary N) is 1. The third-order valence-corrected chi connectivity index (χ3v) is 3.86.